The number of carbonyl (C=O) groups excluding carboxylic acids is 2. The third-order valence-corrected chi connectivity index (χ3v) is 2.30. The zero-order valence-corrected chi connectivity index (χ0v) is 8.86. The number of likely N-dealkylation sites (tertiary alicyclic amines) is 1. The highest BCUT2D eigenvalue weighted by Crippen LogP contribution is 2.16. The van der Waals surface area contributed by atoms with Gasteiger partial charge in [-0.15, -0.1) is 0 Å². The fraction of sp³-hybridized carbons (Fsp3) is 0.385. The smallest absolute Gasteiger partial charge is 0.223 e. The fourth-order valence-electron chi connectivity index (χ4n) is 1.42. The molecule has 1 fully saturated rings. The van der Waals surface area contributed by atoms with Gasteiger partial charge in [0, 0.05) is 22.9 Å². The Labute approximate surface area is 102 Å². The van der Waals surface area contributed by atoms with Crippen LogP contribution in [0.2, 0.25) is 0 Å². The maximum absolute atomic E-state index is 12.3. The van der Waals surface area contributed by atoms with E-state index in [1.807, 2.05) is 0 Å². The van der Waals surface area contributed by atoms with Crippen molar-refractivity contribution in [2.75, 3.05) is 6.50 Å². The Kier molecular flexibility index (Phi) is 1.73. The first-order valence-electron chi connectivity index (χ1n) is 7.44. The topological polar surface area (TPSA) is 37.4 Å². The summed E-state index contributed by atoms with van der Waals surface area (Å²) < 4.78 is 38.9. The molecule has 0 spiro atoms. The van der Waals surface area contributed by atoms with E-state index in [2.05, 4.69) is 0 Å². The van der Waals surface area contributed by atoms with Crippen LogP contribution in [0.4, 0.5) is 0 Å². The van der Waals surface area contributed by atoms with E-state index < -0.39 is 30.5 Å². The van der Waals surface area contributed by atoms with Crippen molar-refractivity contribution in [3.63, 3.8) is 0 Å². The van der Waals surface area contributed by atoms with Crippen LogP contribution in [0, 0.1) is 5.89 Å². The van der Waals surface area contributed by atoms with Crippen LogP contribution < -0.4 is 0 Å². The van der Waals surface area contributed by atoms with Gasteiger partial charge >= 0.3 is 0 Å². The summed E-state index contributed by atoms with van der Waals surface area (Å²) in [5.74, 6) is -4.90. The quantitative estimate of drug-likeness (QED) is 0.762. The Morgan fingerprint density at radius 3 is 2.81 bits per heavy atom. The van der Waals surface area contributed by atoms with Gasteiger partial charge in [-0.1, -0.05) is 37.3 Å². The van der Waals surface area contributed by atoms with Crippen molar-refractivity contribution in [1.29, 1.82) is 0 Å². The van der Waals surface area contributed by atoms with Crippen LogP contribution in [0.5, 0.6) is 0 Å². The Bertz CT molecular complexity index is 585. The summed E-state index contributed by atoms with van der Waals surface area (Å²) in [7, 11) is 0. The molecular weight excluding hydrogens is 202 g/mol. The maximum Gasteiger partial charge on any atom is 0.223 e. The highest BCUT2D eigenvalue weighted by molar-refractivity contribution is 5.94. The summed E-state index contributed by atoms with van der Waals surface area (Å²) in [5.41, 5.74) is 0.576. The van der Waals surface area contributed by atoms with E-state index in [9.17, 15) is 9.59 Å². The summed E-state index contributed by atoms with van der Waals surface area (Å²) >= 11 is 0. The Morgan fingerprint density at radius 1 is 1.44 bits per heavy atom. The monoisotopic (exact) mass is 222 g/mol. The summed E-state index contributed by atoms with van der Waals surface area (Å²) in [6.07, 6.45) is -2.77. The van der Waals surface area contributed by atoms with Crippen molar-refractivity contribution in [1.82, 2.24) is 4.90 Å². The molecule has 1 aromatic carbocycles. The van der Waals surface area contributed by atoms with Gasteiger partial charge in [0.2, 0.25) is 5.91 Å². The second-order valence-electron chi connectivity index (χ2n) is 3.57. The lowest BCUT2D eigenvalue weighted by Crippen LogP contribution is -2.43. The number of hydrogen-bond acceptors (Lipinski definition) is 2. The lowest BCUT2D eigenvalue weighted by Gasteiger charge is -2.29. The normalized spacial score (nSPS) is 36.8. The second-order valence-corrected chi connectivity index (χ2v) is 3.57. The van der Waals surface area contributed by atoms with Crippen LogP contribution in [0.15, 0.2) is 30.3 Å². The van der Waals surface area contributed by atoms with Gasteiger partial charge in [0.25, 0.3) is 0 Å². The molecule has 16 heavy (non-hydrogen) atoms. The molecule has 3 nitrogen and oxygen atoms in total. The molecule has 84 valence electrons. The van der Waals surface area contributed by atoms with E-state index in [-0.39, 0.29) is 6.54 Å². The SMILES string of the molecule is [2H]C1([2H])C(=O)C([2H])(C)C([2H])([2H])C(=O)N1Cc1ccccc1. The number of nitrogens with zero attached hydrogens (tertiary/aromatic N) is 1. The Balaban J connectivity index is 2.45. The molecule has 3 heteroatoms. The molecule has 1 aliphatic rings. The van der Waals surface area contributed by atoms with Crippen molar-refractivity contribution in [3.05, 3.63) is 35.9 Å². The lowest BCUT2D eigenvalue weighted by molar-refractivity contribution is -0.143. The Hall–Kier alpha value is -1.64. The summed E-state index contributed by atoms with van der Waals surface area (Å²) in [6.45, 7) is -2.01. The van der Waals surface area contributed by atoms with E-state index in [1.54, 1.807) is 30.3 Å². The van der Waals surface area contributed by atoms with Crippen LogP contribution in [-0.4, -0.2) is 23.1 Å². The fourth-order valence-corrected chi connectivity index (χ4v) is 1.42. The molecule has 1 heterocycles. The number of carbonyl (C=O) groups is 2. The predicted molar refractivity (Wildman–Crippen MR) is 60.6 cm³/mol. The Morgan fingerprint density at radius 2 is 2.12 bits per heavy atom. The molecule has 0 bridgehead atoms. The standard InChI is InChI=1S/C13H15NO2/c1-10-7-13(16)14(9-12(10)15)8-11-5-3-2-4-6-11/h2-6,10H,7-9H2,1H3/i7D2,9D2,10D. The van der Waals surface area contributed by atoms with Crippen molar-refractivity contribution in [2.24, 2.45) is 5.89 Å². The molecule has 0 radical (unpaired) electrons. The van der Waals surface area contributed by atoms with Gasteiger partial charge in [0.05, 0.1) is 9.24 Å². The number of hydrogen-bond donors (Lipinski definition) is 0. The largest absolute Gasteiger partial charge is 0.331 e. The molecule has 0 saturated carbocycles. The van der Waals surface area contributed by atoms with Gasteiger partial charge in [0.1, 0.15) is 0 Å². The number of rotatable bonds is 2. The number of Topliss-reactive ketones (excluding diaryl/α,β-unsaturated/α-hetero) is 1. The lowest BCUT2D eigenvalue weighted by atomic mass is 9.96. The van der Waals surface area contributed by atoms with Crippen LogP contribution >= 0.6 is 0 Å². The number of amides is 1. The zero-order chi connectivity index (χ0) is 16.1. The first-order chi connectivity index (χ1) is 9.53. The van der Waals surface area contributed by atoms with Gasteiger partial charge in [-0.2, -0.15) is 0 Å². The van der Waals surface area contributed by atoms with Crippen LogP contribution in [0.3, 0.4) is 0 Å². The summed E-state index contributed by atoms with van der Waals surface area (Å²) in [5, 5.41) is 0. The molecule has 1 atom stereocenters. The third kappa shape index (κ3) is 2.30. The van der Waals surface area contributed by atoms with Crippen molar-refractivity contribution in [3.8, 4) is 0 Å². The van der Waals surface area contributed by atoms with Gasteiger partial charge in [-0.05, 0) is 5.56 Å². The highest BCUT2D eigenvalue weighted by atomic mass is 16.2. The summed E-state index contributed by atoms with van der Waals surface area (Å²) in [4.78, 5) is 25.0. The average molecular weight is 222 g/mol. The molecule has 1 saturated heterocycles. The number of piperidine rings is 1. The van der Waals surface area contributed by atoms with E-state index in [4.69, 9.17) is 6.85 Å². The molecule has 1 aliphatic heterocycles. The minimum absolute atomic E-state index is 0.228. The van der Waals surface area contributed by atoms with E-state index in [0.717, 1.165) is 6.92 Å². The minimum Gasteiger partial charge on any atom is -0.331 e. The first-order valence-corrected chi connectivity index (χ1v) is 4.94. The van der Waals surface area contributed by atoms with Gasteiger partial charge < -0.3 is 4.90 Å². The zero-order valence-electron chi connectivity index (χ0n) is 13.9. The van der Waals surface area contributed by atoms with Crippen LogP contribution in [0.25, 0.3) is 0 Å². The molecule has 1 unspecified atom stereocenters. The van der Waals surface area contributed by atoms with Crippen molar-refractivity contribution in [2.45, 2.75) is 19.8 Å². The van der Waals surface area contributed by atoms with Gasteiger partial charge in [0.15, 0.2) is 5.78 Å². The van der Waals surface area contributed by atoms with Gasteiger partial charge in [-0.3, -0.25) is 9.59 Å². The maximum atomic E-state index is 12.3. The molecule has 0 aliphatic carbocycles. The van der Waals surface area contributed by atoms with E-state index >= 15 is 0 Å². The number of ketones is 1. The first kappa shape index (κ1) is 6.18. The molecule has 2 rings (SSSR count). The highest BCUT2D eigenvalue weighted by Gasteiger charge is 2.29. The molecule has 1 amide bonds. The van der Waals surface area contributed by atoms with Crippen molar-refractivity contribution < 1.29 is 16.4 Å². The average Bonchev–Trinajstić information content (AvgIpc) is 2.42. The molecule has 0 aromatic heterocycles. The van der Waals surface area contributed by atoms with Crippen LogP contribution in [-0.2, 0) is 16.1 Å². The molecule has 0 N–H and O–H groups in total. The third-order valence-electron chi connectivity index (χ3n) is 2.30. The second kappa shape index (κ2) is 4.47. The van der Waals surface area contributed by atoms with Crippen molar-refractivity contribution >= 4 is 11.7 Å². The summed E-state index contributed by atoms with van der Waals surface area (Å²) in [6, 6.07) is 8.45. The molecule has 1 aromatic rings. The van der Waals surface area contributed by atoms with Crippen LogP contribution in [0.1, 0.15) is 25.7 Å². The minimum atomic E-state index is -2.77. The van der Waals surface area contributed by atoms with E-state index in [1.165, 1.54) is 0 Å². The van der Waals surface area contributed by atoms with E-state index in [0.29, 0.717) is 10.5 Å². The molecular formula is C13H15NO2. The predicted octanol–water partition coefficient (Wildman–Crippen LogP) is 1.62. The number of benzene rings is 1. The van der Waals surface area contributed by atoms with Gasteiger partial charge in [-0.25, -0.2) is 0 Å².